The van der Waals surface area contributed by atoms with Gasteiger partial charge in [0.25, 0.3) is 0 Å². The molecule has 4 nitrogen and oxygen atoms in total. The maximum atomic E-state index is 14.1. The number of nitrogens with zero attached hydrogens (tertiary/aromatic N) is 3. The molecule has 4 rings (SSSR count). The minimum atomic E-state index is -5.80. The average molecular weight is 469 g/mol. The van der Waals surface area contributed by atoms with Gasteiger partial charge in [0.2, 0.25) is 0 Å². The third-order valence-electron chi connectivity index (χ3n) is 5.85. The number of aliphatic imine (C=N–C) groups is 2. The monoisotopic (exact) mass is 469 g/mol. The van der Waals surface area contributed by atoms with Crippen LogP contribution in [0.1, 0.15) is 36.8 Å². The van der Waals surface area contributed by atoms with Gasteiger partial charge in [0.1, 0.15) is 17.4 Å². The summed E-state index contributed by atoms with van der Waals surface area (Å²) in [4.78, 5) is 8.13. The Balaban J connectivity index is 2.01. The summed E-state index contributed by atoms with van der Waals surface area (Å²) in [6.07, 6.45) is -8.78. The predicted octanol–water partition coefficient (Wildman–Crippen LogP) is 5.97. The molecule has 0 bridgehead atoms. The standard InChI is InChI=1S/C23H21F6N3O/c1-33-18-13-11-16(12-14-18)20-31-21(22(24,25)26,23(27,28)29)30-19(15-7-3-2-4-8-15)32(20)17-9-5-6-10-17/h2-4,7-8,11-14,17H,5-6,9-10H2,1H3. The van der Waals surface area contributed by atoms with E-state index in [1.54, 1.807) is 18.2 Å². The quantitative estimate of drug-likeness (QED) is 0.518. The third-order valence-corrected chi connectivity index (χ3v) is 5.85. The Hall–Kier alpha value is -3.04. The molecule has 1 fully saturated rings. The highest BCUT2D eigenvalue weighted by molar-refractivity contribution is 6.16. The molecule has 1 aliphatic heterocycles. The van der Waals surface area contributed by atoms with Crippen molar-refractivity contribution in [2.45, 2.75) is 49.7 Å². The Morgan fingerprint density at radius 1 is 0.788 bits per heavy atom. The molecule has 2 aromatic carbocycles. The van der Waals surface area contributed by atoms with Crippen LogP contribution in [0.2, 0.25) is 0 Å². The van der Waals surface area contributed by atoms with Crippen molar-refractivity contribution in [1.29, 1.82) is 0 Å². The van der Waals surface area contributed by atoms with Crippen LogP contribution in [0.3, 0.4) is 0 Å². The van der Waals surface area contributed by atoms with Gasteiger partial charge in [0, 0.05) is 17.2 Å². The third kappa shape index (κ3) is 4.06. The van der Waals surface area contributed by atoms with Crippen LogP contribution in [0.25, 0.3) is 0 Å². The second kappa shape index (κ2) is 8.39. The van der Waals surface area contributed by atoms with Crippen molar-refractivity contribution in [1.82, 2.24) is 4.90 Å². The van der Waals surface area contributed by atoms with Gasteiger partial charge in [-0.05, 0) is 37.1 Å². The fourth-order valence-electron chi connectivity index (χ4n) is 4.20. The van der Waals surface area contributed by atoms with E-state index < -0.39 is 29.7 Å². The molecule has 1 heterocycles. The van der Waals surface area contributed by atoms with Gasteiger partial charge in [0.15, 0.2) is 0 Å². The normalized spacial score (nSPS) is 19.3. The number of rotatable bonds is 4. The molecule has 0 unspecified atom stereocenters. The number of ether oxygens (including phenoxy) is 1. The maximum absolute atomic E-state index is 14.1. The zero-order chi connectivity index (χ0) is 23.9. The van der Waals surface area contributed by atoms with E-state index in [-0.39, 0.29) is 17.2 Å². The van der Waals surface area contributed by atoms with Crippen LogP contribution in [-0.4, -0.2) is 47.7 Å². The molecule has 0 saturated heterocycles. The first-order chi connectivity index (χ1) is 15.6. The van der Waals surface area contributed by atoms with E-state index >= 15 is 0 Å². The first kappa shape index (κ1) is 23.1. The van der Waals surface area contributed by atoms with Crippen molar-refractivity contribution in [2.24, 2.45) is 9.98 Å². The highest BCUT2D eigenvalue weighted by Gasteiger charge is 2.74. The van der Waals surface area contributed by atoms with Crippen molar-refractivity contribution < 1.29 is 31.1 Å². The minimum absolute atomic E-state index is 0.115. The van der Waals surface area contributed by atoms with E-state index in [1.165, 1.54) is 48.4 Å². The Morgan fingerprint density at radius 3 is 1.73 bits per heavy atom. The van der Waals surface area contributed by atoms with Crippen LogP contribution in [0.15, 0.2) is 64.6 Å². The van der Waals surface area contributed by atoms with Gasteiger partial charge in [0.05, 0.1) is 7.11 Å². The minimum Gasteiger partial charge on any atom is -0.497 e. The topological polar surface area (TPSA) is 37.2 Å². The van der Waals surface area contributed by atoms with Crippen LogP contribution in [0.5, 0.6) is 5.75 Å². The lowest BCUT2D eigenvalue weighted by Gasteiger charge is -2.42. The van der Waals surface area contributed by atoms with Gasteiger partial charge in [-0.2, -0.15) is 26.3 Å². The summed E-state index contributed by atoms with van der Waals surface area (Å²) >= 11 is 0. The molecule has 1 saturated carbocycles. The molecule has 10 heteroatoms. The summed E-state index contributed by atoms with van der Waals surface area (Å²) in [5.41, 5.74) is -4.35. The van der Waals surface area contributed by atoms with E-state index in [9.17, 15) is 26.3 Å². The molecule has 0 N–H and O–H groups in total. The summed E-state index contributed by atoms with van der Waals surface area (Å²) in [5, 5.41) is 0. The van der Waals surface area contributed by atoms with E-state index in [1.807, 2.05) is 0 Å². The first-order valence-electron chi connectivity index (χ1n) is 10.4. The molecule has 0 aromatic heterocycles. The molecule has 2 aromatic rings. The lowest BCUT2D eigenvalue weighted by molar-refractivity contribution is -0.293. The lowest BCUT2D eigenvalue weighted by atomic mass is 10.0. The highest BCUT2D eigenvalue weighted by Crippen LogP contribution is 2.50. The number of amidine groups is 2. The smallest absolute Gasteiger partial charge is 0.443 e. The summed E-state index contributed by atoms with van der Waals surface area (Å²) in [6, 6.07) is 13.1. The molecular formula is C23H21F6N3O. The summed E-state index contributed by atoms with van der Waals surface area (Å²) < 4.78 is 89.8. The molecule has 1 aliphatic carbocycles. The maximum Gasteiger partial charge on any atom is 0.443 e. The predicted molar refractivity (Wildman–Crippen MR) is 111 cm³/mol. The molecule has 0 atom stereocenters. The van der Waals surface area contributed by atoms with Gasteiger partial charge in [-0.25, -0.2) is 9.98 Å². The first-order valence-corrected chi connectivity index (χ1v) is 10.4. The van der Waals surface area contributed by atoms with Gasteiger partial charge in [-0.15, -0.1) is 0 Å². The molecule has 0 amide bonds. The van der Waals surface area contributed by atoms with Crippen LogP contribution in [0.4, 0.5) is 26.3 Å². The fourth-order valence-corrected chi connectivity index (χ4v) is 4.20. The second-order valence-electron chi connectivity index (χ2n) is 7.94. The zero-order valence-electron chi connectivity index (χ0n) is 17.6. The fraction of sp³-hybridized carbons (Fsp3) is 0.391. The zero-order valence-corrected chi connectivity index (χ0v) is 17.6. The van der Waals surface area contributed by atoms with Crippen molar-refractivity contribution >= 4 is 11.7 Å². The summed E-state index contributed by atoms with van der Waals surface area (Å²) in [6.45, 7) is 0. The van der Waals surface area contributed by atoms with E-state index in [2.05, 4.69) is 9.98 Å². The van der Waals surface area contributed by atoms with Gasteiger partial charge in [-0.1, -0.05) is 43.2 Å². The molecule has 33 heavy (non-hydrogen) atoms. The van der Waals surface area contributed by atoms with Gasteiger partial charge in [-0.3, -0.25) is 0 Å². The highest BCUT2D eigenvalue weighted by atomic mass is 19.4. The number of hydrogen-bond donors (Lipinski definition) is 0. The lowest BCUT2D eigenvalue weighted by Crippen LogP contribution is -2.60. The molecular weight excluding hydrogens is 448 g/mol. The van der Waals surface area contributed by atoms with Crippen molar-refractivity contribution in [3.8, 4) is 5.75 Å². The van der Waals surface area contributed by atoms with E-state index in [0.717, 1.165) is 12.8 Å². The number of methoxy groups -OCH3 is 1. The Kier molecular flexibility index (Phi) is 5.88. The Labute approximate surface area is 186 Å². The van der Waals surface area contributed by atoms with Crippen LogP contribution in [0, 0.1) is 0 Å². The molecule has 0 radical (unpaired) electrons. The van der Waals surface area contributed by atoms with Crippen molar-refractivity contribution in [2.75, 3.05) is 7.11 Å². The second-order valence-corrected chi connectivity index (χ2v) is 7.94. The largest absolute Gasteiger partial charge is 0.497 e. The van der Waals surface area contributed by atoms with Crippen molar-refractivity contribution in [3.05, 3.63) is 65.7 Å². The summed E-state index contributed by atoms with van der Waals surface area (Å²) in [7, 11) is 1.41. The molecule has 2 aliphatic rings. The van der Waals surface area contributed by atoms with Crippen LogP contribution < -0.4 is 4.74 Å². The van der Waals surface area contributed by atoms with Crippen LogP contribution in [-0.2, 0) is 0 Å². The van der Waals surface area contributed by atoms with Gasteiger partial charge >= 0.3 is 18.0 Å². The number of halogens is 6. The number of hydrogen-bond acceptors (Lipinski definition) is 4. The Morgan fingerprint density at radius 2 is 1.27 bits per heavy atom. The Bertz CT molecular complexity index is 1020. The van der Waals surface area contributed by atoms with Crippen molar-refractivity contribution in [3.63, 3.8) is 0 Å². The van der Waals surface area contributed by atoms with Gasteiger partial charge < -0.3 is 9.64 Å². The molecule has 176 valence electrons. The van der Waals surface area contributed by atoms with E-state index in [0.29, 0.717) is 18.6 Å². The number of benzene rings is 2. The summed E-state index contributed by atoms with van der Waals surface area (Å²) in [5.74, 6) is -0.386. The SMILES string of the molecule is COc1ccc(C2=NC(C(F)(F)F)(C(F)(F)F)N=C(c3ccccc3)N2C2CCCC2)cc1. The average Bonchev–Trinajstić information content (AvgIpc) is 3.32. The molecule has 0 spiro atoms. The van der Waals surface area contributed by atoms with Crippen LogP contribution >= 0.6 is 0 Å². The number of alkyl halides is 6. The van der Waals surface area contributed by atoms with E-state index in [4.69, 9.17) is 4.74 Å².